The number of nitro benzene ring substituents is 8. The number of aryl methyl sites for hydroxylation is 1. The van der Waals surface area contributed by atoms with E-state index in [9.17, 15) is 80.9 Å². The van der Waals surface area contributed by atoms with Gasteiger partial charge in [-0.2, -0.15) is 22.8 Å². The summed E-state index contributed by atoms with van der Waals surface area (Å²) in [4.78, 5) is 83.9. The van der Waals surface area contributed by atoms with Crippen molar-refractivity contribution in [3.63, 3.8) is 0 Å². The van der Waals surface area contributed by atoms with E-state index < -0.39 is 50.0 Å². The molecule has 47 nitrogen and oxygen atoms in total. The smallest absolute Gasteiger partial charge is 0.394 e. The van der Waals surface area contributed by atoms with Gasteiger partial charge in [-0.05, 0) is 49.1 Å². The zero-order chi connectivity index (χ0) is 98.9. The number of alkyl halides is 2. The van der Waals surface area contributed by atoms with Crippen LogP contribution in [0, 0.1) is 93.9 Å². The number of nitrogens with one attached hydrogen (secondary N) is 1. The molecule has 6 aromatic carbocycles. The molecule has 2 aliphatic rings. The fourth-order valence-corrected chi connectivity index (χ4v) is 11.8. The van der Waals surface area contributed by atoms with Crippen LogP contribution >= 0.6 is 31.9 Å². The average Bonchev–Trinajstić information content (AvgIpc) is 1.59. The first-order chi connectivity index (χ1) is 63.5. The fraction of sp³-hybridized carbons (Fsp3) is 0.542. The molecule has 0 spiro atoms. The number of aliphatic hydroxyl groups is 3. The Hall–Kier alpha value is -8.64. The molecule has 0 aromatic heterocycles. The van der Waals surface area contributed by atoms with Crippen LogP contribution in [0.2, 0.25) is 0 Å². The van der Waals surface area contributed by atoms with Crippen LogP contribution in [0.4, 0.5) is 56.9 Å². The van der Waals surface area contributed by atoms with Crippen molar-refractivity contribution >= 4 is 111 Å². The minimum Gasteiger partial charge on any atom is -0.394 e. The van der Waals surface area contributed by atoms with Crippen LogP contribution in [0.5, 0.6) is 0 Å². The van der Waals surface area contributed by atoms with Crippen LogP contribution in [0.1, 0.15) is 80.5 Å². The normalized spacial score (nSPS) is 12.1. The fourth-order valence-electron chi connectivity index (χ4n) is 11.3. The molecule has 6 aromatic rings. The Morgan fingerprint density at radius 3 is 0.881 bits per heavy atom. The van der Waals surface area contributed by atoms with Gasteiger partial charge >= 0.3 is 62.0 Å². The molecule has 0 atom stereocenters. The number of fused-ring (bicyclic) bond motifs is 2. The number of nitro groups is 8. The van der Waals surface area contributed by atoms with Gasteiger partial charge in [-0.15, -0.1) is 18.7 Å². The first-order valence-electron chi connectivity index (χ1n) is 40.9. The van der Waals surface area contributed by atoms with E-state index in [2.05, 4.69) is 126 Å². The summed E-state index contributed by atoms with van der Waals surface area (Å²) in [6.07, 6.45) is 0. The predicted molar refractivity (Wildman–Crippen MR) is 484 cm³/mol. The first kappa shape index (κ1) is 123. The van der Waals surface area contributed by atoms with E-state index in [1.54, 1.807) is 0 Å². The van der Waals surface area contributed by atoms with Gasteiger partial charge in [0.25, 0.3) is 45.5 Å². The molecule has 2 aliphatic heterocycles. The molecule has 0 amide bonds. The number of nitrogens with zero attached hydrogens (tertiary/aromatic N) is 9. The van der Waals surface area contributed by atoms with Crippen molar-refractivity contribution in [2.24, 2.45) is 0 Å². The Labute approximate surface area is 833 Å². The standard InChI is InChI=1S/C27H36N3O8.C15H21BrN2O8.C15H22N2O9.C11H12N.C8H18O5.C7H5BrN2O4.K.O3S/c1-20-5-6-26-25(15-20)27(3,4)21(2)28(26)7-8-35-9-10-36-11-12-37-13-14-38-19-22-16-23(29(31)32)18-24(17-22)30(33)34;16-1-2-23-3-4-24-5-6-25-7-8-26-12-13-9-14(17(19)20)11-15(10-13)18(21)22;18-1-2-23-3-4-24-5-6-25-7-8-26-12-13-9-14(16(19)20)11-15(10-13)17(21)22;1-8-11(2,3)9-6-4-5-7-10(9)12-8;9-1-3-11-5-7-13-8-6-12-4-2-10;8-4-5-1-6(9(11)12)3-7(2-5)10(13)14;;1-4(2)3/h5-6,15-18H,7-14,19H2,1-4H3;9-11H,1-8,12H2;9-11,18H,1-8,12H2;5-7H,1-3H3;9-10H,1-8H2;1-3H,4H2;;/q+1;;;-1;;;+1;/p+1. The Balaban J connectivity index is 0.000000833. The zero-order valence-electron chi connectivity index (χ0n) is 75.8. The van der Waals surface area contributed by atoms with Gasteiger partial charge in [0.2, 0.25) is 5.69 Å². The number of halogens is 2. The molecule has 0 unspecified atom stereocenters. The van der Waals surface area contributed by atoms with E-state index in [1.165, 1.54) is 88.0 Å². The van der Waals surface area contributed by atoms with Crippen molar-refractivity contribution in [3.05, 3.63) is 235 Å². The number of hydrogen-bond donors (Lipinski definition) is 4. The molecule has 0 fully saturated rings. The summed E-state index contributed by atoms with van der Waals surface area (Å²) in [5.74, 6) is 0. The number of benzene rings is 6. The third-order valence-electron chi connectivity index (χ3n) is 18.2. The van der Waals surface area contributed by atoms with Gasteiger partial charge in [-0.3, -0.25) is 80.9 Å². The molecular formula is C83H115Br2KN10O37S+2. The summed E-state index contributed by atoms with van der Waals surface area (Å²) >= 11 is 6.33. The molecule has 0 aliphatic carbocycles. The molecular weight excluding hydrogens is 1960 g/mol. The second-order valence-electron chi connectivity index (χ2n) is 28.4. The topological polar surface area (TPSA) is 612 Å². The van der Waals surface area contributed by atoms with Crippen molar-refractivity contribution in [1.29, 1.82) is 0 Å². The van der Waals surface area contributed by atoms with Crippen LogP contribution < -0.4 is 56.4 Å². The van der Waals surface area contributed by atoms with Gasteiger partial charge in [0.05, 0.1) is 280 Å². The van der Waals surface area contributed by atoms with Crippen molar-refractivity contribution in [2.45, 2.75) is 84.4 Å². The van der Waals surface area contributed by atoms with E-state index >= 15 is 0 Å². The molecule has 0 saturated carbocycles. The van der Waals surface area contributed by atoms with Crippen molar-refractivity contribution < 1.29 is 199 Å². The molecule has 8 rings (SSSR count). The monoisotopic (exact) mass is 2070 g/mol. The number of non-ortho nitro benzene ring substituents is 8. The molecule has 0 bridgehead atoms. The zero-order valence-corrected chi connectivity index (χ0v) is 82.9. The molecule has 4 N–H and O–H groups in total. The van der Waals surface area contributed by atoms with Gasteiger partial charge in [-0.1, -0.05) is 62.9 Å². The van der Waals surface area contributed by atoms with Gasteiger partial charge in [0.15, 0.2) is 12.3 Å². The third kappa shape index (κ3) is 52.6. The van der Waals surface area contributed by atoms with E-state index in [0.29, 0.717) is 180 Å². The van der Waals surface area contributed by atoms with Crippen molar-refractivity contribution in [2.75, 3.05) is 210 Å². The minimum atomic E-state index is -3.11. The van der Waals surface area contributed by atoms with Crippen LogP contribution in [-0.2, 0) is 118 Å². The second-order valence-corrected chi connectivity index (χ2v) is 30.2. The van der Waals surface area contributed by atoms with E-state index in [0.717, 1.165) is 36.1 Å². The van der Waals surface area contributed by atoms with E-state index in [1.807, 2.05) is 6.07 Å². The molecule has 0 radical (unpaired) electrons. The molecule has 2 heterocycles. The quantitative estimate of drug-likeness (QED) is 0.00612. The number of hydrogen-bond acceptors (Lipinski definition) is 37. The second kappa shape index (κ2) is 72.7. The summed E-state index contributed by atoms with van der Waals surface area (Å²) in [7, 11) is -3.11. The molecule has 738 valence electrons. The Bertz CT molecular complexity index is 4500. The molecule has 134 heavy (non-hydrogen) atoms. The van der Waals surface area contributed by atoms with Crippen LogP contribution in [-0.4, -0.2) is 293 Å². The molecule has 51 heteroatoms. The average molecular weight is 2080 g/mol. The van der Waals surface area contributed by atoms with Crippen LogP contribution in [0.25, 0.3) is 0 Å². The third-order valence-corrected chi connectivity index (χ3v) is 19.2. The Kier molecular flexibility index (Phi) is 66.9. The van der Waals surface area contributed by atoms with E-state index in [-0.39, 0.29) is 174 Å². The summed E-state index contributed by atoms with van der Waals surface area (Å²) in [6.45, 7) is 27.4. The maximum Gasteiger partial charge on any atom is 1.00 e. The largest absolute Gasteiger partial charge is 1.00 e. The maximum absolute atomic E-state index is 10.9. The van der Waals surface area contributed by atoms with Gasteiger partial charge in [0, 0.05) is 90.1 Å². The van der Waals surface area contributed by atoms with Crippen molar-refractivity contribution in [3.8, 4) is 0 Å². The van der Waals surface area contributed by atoms with Gasteiger partial charge in [-0.25, -0.2) is 4.99 Å². The predicted octanol–water partition coefficient (Wildman–Crippen LogP) is 6.37. The summed E-state index contributed by atoms with van der Waals surface area (Å²) in [5.41, 5.74) is 8.23. The van der Waals surface area contributed by atoms with E-state index in [4.69, 9.17) is 99.0 Å². The summed E-state index contributed by atoms with van der Waals surface area (Å²) in [5, 5.41) is 112. The Morgan fingerprint density at radius 1 is 0.358 bits per heavy atom. The van der Waals surface area contributed by atoms with Crippen LogP contribution in [0.15, 0.2) is 109 Å². The van der Waals surface area contributed by atoms with Gasteiger partial charge < -0.3 is 86.4 Å². The number of aliphatic hydroxyl groups excluding tert-OH is 3. The summed E-state index contributed by atoms with van der Waals surface area (Å²) < 4.78 is 107. The minimum absolute atomic E-state index is 0. The maximum atomic E-state index is 10.9. The van der Waals surface area contributed by atoms with Crippen LogP contribution in [0.3, 0.4) is 0 Å². The number of rotatable bonds is 59. The molecule has 0 saturated heterocycles. The van der Waals surface area contributed by atoms with Gasteiger partial charge in [0.1, 0.15) is 18.0 Å². The first-order valence-corrected chi connectivity index (χ1v) is 44.2. The number of ether oxygens (including phenoxy) is 15. The Morgan fingerprint density at radius 2 is 0.619 bits per heavy atom. The summed E-state index contributed by atoms with van der Waals surface area (Å²) in [6, 6.07) is 29.6. The van der Waals surface area contributed by atoms with Crippen molar-refractivity contribution in [1.82, 2.24) is 0 Å². The SMILES string of the molecule is CC1=[N+](CCOCCOCCOCCOCc2cc([N+](=O)[O-])cc([N+](=O)[O-])c2)c2ccc(C)cc2C1(C)C.CC1=[NH+]c2cc[c-]cc2C1(C)C.O=S(=O)=O.O=[N+]([O-])c1cc(CBr)cc([N+](=O)[O-])c1.O=[N+]([O-])c1cc(COCCOCCOCCOCCBr)cc([N+](=O)[O-])c1.O=[N+]([O-])c1cc(COCCOCCOCCOCCO)cc([N+](=O)[O-])c1.OCCOCCOCCOCCO.[K+].